The predicted molar refractivity (Wildman–Crippen MR) is 108 cm³/mol. The van der Waals surface area contributed by atoms with E-state index in [0.29, 0.717) is 13.0 Å². The summed E-state index contributed by atoms with van der Waals surface area (Å²) in [5.41, 5.74) is 0.843. The summed E-state index contributed by atoms with van der Waals surface area (Å²) in [5, 5.41) is 6.50. The van der Waals surface area contributed by atoms with Crippen molar-refractivity contribution in [3.05, 3.63) is 35.9 Å². The molecule has 0 bridgehead atoms. The van der Waals surface area contributed by atoms with E-state index in [1.165, 1.54) is 32.4 Å². The van der Waals surface area contributed by atoms with E-state index in [1.54, 1.807) is 7.05 Å². The number of hydrogen-bond donors (Lipinski definition) is 2. The van der Waals surface area contributed by atoms with E-state index in [0.717, 1.165) is 24.6 Å². The average molecular weight is 381 g/mol. The molecule has 0 atom stereocenters. The number of guanidine groups is 1. The van der Waals surface area contributed by atoms with Crippen molar-refractivity contribution in [3.8, 4) is 0 Å². The maximum atomic E-state index is 12.2. The Balaban J connectivity index is 1.60. The van der Waals surface area contributed by atoms with E-state index in [1.807, 2.05) is 30.3 Å². The molecule has 0 saturated carbocycles. The number of benzene rings is 1. The third-order valence-electron chi connectivity index (χ3n) is 4.55. The Bertz CT molecular complexity index is 641. The molecule has 0 amide bonds. The van der Waals surface area contributed by atoms with Gasteiger partial charge in [-0.25, -0.2) is 8.42 Å². The molecule has 2 N–H and O–H groups in total. The van der Waals surface area contributed by atoms with Crippen LogP contribution in [0.3, 0.4) is 0 Å². The first-order valence-corrected chi connectivity index (χ1v) is 11.3. The lowest BCUT2D eigenvalue weighted by Gasteiger charge is -2.26. The zero-order valence-electron chi connectivity index (χ0n) is 15.8. The second-order valence-corrected chi connectivity index (χ2v) is 8.94. The number of aliphatic imine (C=N–C) groups is 1. The zero-order valence-corrected chi connectivity index (χ0v) is 16.6. The summed E-state index contributed by atoms with van der Waals surface area (Å²) in [4.78, 5) is 6.67. The van der Waals surface area contributed by atoms with Crippen LogP contribution in [-0.2, 0) is 15.6 Å². The van der Waals surface area contributed by atoms with Crippen molar-refractivity contribution in [2.75, 3.05) is 45.5 Å². The van der Waals surface area contributed by atoms with Crippen LogP contribution < -0.4 is 10.6 Å². The molecule has 0 unspecified atom stereocenters. The predicted octanol–water partition coefficient (Wildman–Crippen LogP) is 1.64. The van der Waals surface area contributed by atoms with Crippen molar-refractivity contribution in [3.63, 3.8) is 0 Å². The summed E-state index contributed by atoms with van der Waals surface area (Å²) in [5.74, 6) is 1.03. The molecule has 0 aromatic heterocycles. The van der Waals surface area contributed by atoms with Gasteiger partial charge in [-0.1, -0.05) is 36.8 Å². The van der Waals surface area contributed by atoms with Gasteiger partial charge in [0.2, 0.25) is 0 Å². The largest absolute Gasteiger partial charge is 0.356 e. The molecule has 1 aliphatic heterocycles. The van der Waals surface area contributed by atoms with Gasteiger partial charge in [-0.15, -0.1) is 0 Å². The van der Waals surface area contributed by atoms with Gasteiger partial charge in [0, 0.05) is 26.7 Å². The van der Waals surface area contributed by atoms with Crippen LogP contribution in [0.1, 0.15) is 31.2 Å². The highest BCUT2D eigenvalue weighted by molar-refractivity contribution is 7.90. The highest BCUT2D eigenvalue weighted by Crippen LogP contribution is 2.08. The van der Waals surface area contributed by atoms with Gasteiger partial charge in [-0.05, 0) is 37.9 Å². The fourth-order valence-electron chi connectivity index (χ4n) is 3.14. The van der Waals surface area contributed by atoms with Crippen LogP contribution in [0, 0.1) is 0 Å². The minimum absolute atomic E-state index is 0.108. The fraction of sp³-hybridized carbons (Fsp3) is 0.632. The number of hydrogen-bond acceptors (Lipinski definition) is 4. The van der Waals surface area contributed by atoms with Gasteiger partial charge in [0.1, 0.15) is 0 Å². The van der Waals surface area contributed by atoms with E-state index in [9.17, 15) is 8.42 Å². The first-order valence-electron chi connectivity index (χ1n) is 9.50. The van der Waals surface area contributed by atoms with Crippen molar-refractivity contribution in [1.82, 2.24) is 15.5 Å². The normalized spacial score (nSPS) is 16.4. The summed E-state index contributed by atoms with van der Waals surface area (Å²) in [6, 6.07) is 9.33. The summed E-state index contributed by atoms with van der Waals surface area (Å²) in [6.07, 6.45) is 4.51. The molecule has 0 spiro atoms. The highest BCUT2D eigenvalue weighted by Gasteiger charge is 2.12. The Hall–Kier alpha value is -1.60. The number of nitrogens with zero attached hydrogens (tertiary/aromatic N) is 2. The van der Waals surface area contributed by atoms with E-state index in [4.69, 9.17) is 0 Å². The van der Waals surface area contributed by atoms with Gasteiger partial charge in [0.25, 0.3) is 0 Å². The topological polar surface area (TPSA) is 73.8 Å². The number of sulfone groups is 1. The van der Waals surface area contributed by atoms with Crippen LogP contribution >= 0.6 is 0 Å². The highest BCUT2D eigenvalue weighted by atomic mass is 32.2. The number of piperidine rings is 1. The van der Waals surface area contributed by atoms with Crippen LogP contribution in [0.15, 0.2) is 35.3 Å². The molecule has 1 heterocycles. The molecule has 1 aromatic rings. The molecular weight excluding hydrogens is 348 g/mol. The molecule has 1 aliphatic rings. The molecule has 6 nitrogen and oxygen atoms in total. The Labute approximate surface area is 158 Å². The molecule has 146 valence electrons. The third-order valence-corrected chi connectivity index (χ3v) is 6.23. The molecule has 26 heavy (non-hydrogen) atoms. The van der Waals surface area contributed by atoms with Crippen LogP contribution in [0.25, 0.3) is 0 Å². The van der Waals surface area contributed by atoms with Gasteiger partial charge < -0.3 is 15.5 Å². The quantitative estimate of drug-likeness (QED) is 0.387. The first kappa shape index (κ1) is 20.7. The average Bonchev–Trinajstić information content (AvgIpc) is 2.65. The molecule has 0 aliphatic carbocycles. The monoisotopic (exact) mass is 380 g/mol. The first-order chi connectivity index (χ1) is 12.6. The van der Waals surface area contributed by atoms with Crippen LogP contribution in [0.2, 0.25) is 0 Å². The molecule has 1 fully saturated rings. The Morgan fingerprint density at radius 2 is 1.77 bits per heavy atom. The Kier molecular flexibility index (Phi) is 8.91. The zero-order chi connectivity index (χ0) is 18.7. The third kappa shape index (κ3) is 8.19. The second kappa shape index (κ2) is 11.2. The molecular formula is C19H32N4O2S. The van der Waals surface area contributed by atoms with Crippen molar-refractivity contribution in [2.24, 2.45) is 4.99 Å². The SMILES string of the molecule is CN=C(NCCCS(=O)(=O)Cc1ccccc1)NCCN1CCCCC1. The van der Waals surface area contributed by atoms with Crippen LogP contribution in [0.5, 0.6) is 0 Å². The van der Waals surface area contributed by atoms with Gasteiger partial charge in [-0.3, -0.25) is 4.99 Å². The van der Waals surface area contributed by atoms with Crippen molar-refractivity contribution < 1.29 is 8.42 Å². The lowest BCUT2D eigenvalue weighted by molar-refractivity contribution is 0.232. The lowest BCUT2D eigenvalue weighted by Crippen LogP contribution is -2.43. The number of rotatable bonds is 9. The lowest BCUT2D eigenvalue weighted by atomic mass is 10.1. The Morgan fingerprint density at radius 3 is 2.46 bits per heavy atom. The van der Waals surface area contributed by atoms with Crippen molar-refractivity contribution >= 4 is 15.8 Å². The van der Waals surface area contributed by atoms with Crippen molar-refractivity contribution in [1.29, 1.82) is 0 Å². The van der Waals surface area contributed by atoms with E-state index in [-0.39, 0.29) is 11.5 Å². The number of likely N-dealkylation sites (tertiary alicyclic amines) is 1. The molecule has 7 heteroatoms. The Morgan fingerprint density at radius 1 is 1.08 bits per heavy atom. The summed E-state index contributed by atoms with van der Waals surface area (Å²) < 4.78 is 24.4. The second-order valence-electron chi connectivity index (χ2n) is 6.76. The van der Waals surface area contributed by atoms with Crippen LogP contribution in [-0.4, -0.2) is 64.8 Å². The maximum absolute atomic E-state index is 12.2. The van der Waals surface area contributed by atoms with Gasteiger partial charge in [0.15, 0.2) is 15.8 Å². The van der Waals surface area contributed by atoms with E-state index < -0.39 is 9.84 Å². The maximum Gasteiger partial charge on any atom is 0.191 e. The summed E-state index contributed by atoms with van der Waals surface area (Å²) in [7, 11) is -1.34. The minimum atomic E-state index is -3.08. The fourth-order valence-corrected chi connectivity index (χ4v) is 4.56. The molecule has 0 radical (unpaired) electrons. The number of nitrogens with one attached hydrogen (secondary N) is 2. The van der Waals surface area contributed by atoms with Gasteiger partial charge in [-0.2, -0.15) is 0 Å². The summed E-state index contributed by atoms with van der Waals surface area (Å²) in [6.45, 7) is 4.84. The molecule has 2 rings (SSSR count). The summed E-state index contributed by atoms with van der Waals surface area (Å²) >= 11 is 0. The smallest absolute Gasteiger partial charge is 0.191 e. The minimum Gasteiger partial charge on any atom is -0.356 e. The van der Waals surface area contributed by atoms with Crippen molar-refractivity contribution in [2.45, 2.75) is 31.4 Å². The van der Waals surface area contributed by atoms with E-state index in [2.05, 4.69) is 20.5 Å². The molecule has 1 aromatic carbocycles. The van der Waals surface area contributed by atoms with Gasteiger partial charge >= 0.3 is 0 Å². The van der Waals surface area contributed by atoms with Gasteiger partial charge in [0.05, 0.1) is 11.5 Å². The standard InChI is InChI=1S/C19H32N4O2S/c1-20-19(22-12-15-23-13-6-3-7-14-23)21-11-8-16-26(24,25)17-18-9-4-2-5-10-18/h2,4-5,9-10H,3,6-8,11-17H2,1H3,(H2,20,21,22). The molecule has 1 saturated heterocycles. The van der Waals surface area contributed by atoms with Crippen LogP contribution in [0.4, 0.5) is 0 Å². The van der Waals surface area contributed by atoms with E-state index >= 15 is 0 Å².